The van der Waals surface area contributed by atoms with Gasteiger partial charge in [0.05, 0.1) is 19.8 Å². The maximum atomic E-state index is 12.4. The molecule has 4 nitrogen and oxygen atoms in total. The summed E-state index contributed by atoms with van der Waals surface area (Å²) in [5.41, 5.74) is 0.539. The second-order valence-electron chi connectivity index (χ2n) is 3.68. The zero-order valence-corrected chi connectivity index (χ0v) is 10.1. The quantitative estimate of drug-likeness (QED) is 0.895. The summed E-state index contributed by atoms with van der Waals surface area (Å²) in [6.07, 6.45) is -4.63. The second-order valence-corrected chi connectivity index (χ2v) is 3.68. The number of ether oxygens (including phenoxy) is 2. The number of hydrogen-bond donors (Lipinski definition) is 1. The molecule has 104 valence electrons. The Morgan fingerprint density at radius 2 is 2.05 bits per heavy atom. The number of hydrogen-bond acceptors (Lipinski definition) is 4. The van der Waals surface area contributed by atoms with Gasteiger partial charge in [-0.3, -0.25) is 0 Å². The molecule has 0 amide bonds. The van der Waals surface area contributed by atoms with Gasteiger partial charge < -0.3 is 14.6 Å². The van der Waals surface area contributed by atoms with Gasteiger partial charge in [-0.1, -0.05) is 6.07 Å². The first-order valence-corrected chi connectivity index (χ1v) is 5.29. The SMILES string of the molecule is COc1cc(CO)ccc1OCC(C#N)C(F)(F)F. The Morgan fingerprint density at radius 1 is 1.37 bits per heavy atom. The molecule has 1 N–H and O–H groups in total. The molecule has 1 rings (SSSR count). The van der Waals surface area contributed by atoms with E-state index in [1.807, 2.05) is 0 Å². The van der Waals surface area contributed by atoms with E-state index in [1.165, 1.54) is 25.3 Å². The summed E-state index contributed by atoms with van der Waals surface area (Å²) in [5, 5.41) is 17.4. The van der Waals surface area contributed by atoms with E-state index in [2.05, 4.69) is 0 Å². The first-order chi connectivity index (χ1) is 8.92. The summed E-state index contributed by atoms with van der Waals surface area (Å²) in [5.74, 6) is -1.91. The fraction of sp³-hybridized carbons (Fsp3) is 0.417. The van der Waals surface area contributed by atoms with Crippen molar-refractivity contribution in [2.24, 2.45) is 5.92 Å². The van der Waals surface area contributed by atoms with Crippen LogP contribution in [0.5, 0.6) is 11.5 Å². The van der Waals surface area contributed by atoms with Crippen LogP contribution in [0.25, 0.3) is 0 Å². The summed E-state index contributed by atoms with van der Waals surface area (Å²) >= 11 is 0. The molecule has 1 atom stereocenters. The molecule has 0 aliphatic heterocycles. The van der Waals surface area contributed by atoms with Gasteiger partial charge in [-0.25, -0.2) is 0 Å². The molecule has 0 aliphatic rings. The monoisotopic (exact) mass is 275 g/mol. The van der Waals surface area contributed by atoms with Crippen molar-refractivity contribution in [1.29, 1.82) is 5.26 Å². The third-order valence-corrected chi connectivity index (χ3v) is 2.37. The number of aliphatic hydroxyl groups is 1. The van der Waals surface area contributed by atoms with Crippen LogP contribution in [0.4, 0.5) is 13.2 Å². The van der Waals surface area contributed by atoms with Crippen LogP contribution in [0.15, 0.2) is 18.2 Å². The number of methoxy groups -OCH3 is 1. The van der Waals surface area contributed by atoms with Crippen LogP contribution in [0, 0.1) is 17.2 Å². The number of halogens is 3. The van der Waals surface area contributed by atoms with Crippen LogP contribution in [-0.2, 0) is 6.61 Å². The molecule has 0 aromatic heterocycles. The molecule has 0 bridgehead atoms. The van der Waals surface area contributed by atoms with Gasteiger partial charge in [-0.05, 0) is 17.7 Å². The Morgan fingerprint density at radius 3 is 2.53 bits per heavy atom. The number of nitrogens with zero attached hydrogens (tertiary/aromatic N) is 1. The predicted molar refractivity (Wildman–Crippen MR) is 59.6 cm³/mol. The number of benzene rings is 1. The first-order valence-electron chi connectivity index (χ1n) is 5.29. The van der Waals surface area contributed by atoms with Crippen LogP contribution in [0.1, 0.15) is 5.56 Å². The van der Waals surface area contributed by atoms with E-state index in [1.54, 1.807) is 0 Å². The summed E-state index contributed by atoms with van der Waals surface area (Å²) in [6.45, 7) is -1.03. The van der Waals surface area contributed by atoms with Crippen LogP contribution < -0.4 is 9.47 Å². The highest BCUT2D eigenvalue weighted by atomic mass is 19.4. The van der Waals surface area contributed by atoms with Crippen molar-refractivity contribution in [2.75, 3.05) is 13.7 Å². The number of aliphatic hydroxyl groups excluding tert-OH is 1. The molecule has 7 heteroatoms. The lowest BCUT2D eigenvalue weighted by molar-refractivity contribution is -0.165. The van der Waals surface area contributed by atoms with E-state index < -0.39 is 18.7 Å². The maximum absolute atomic E-state index is 12.4. The van der Waals surface area contributed by atoms with Crippen molar-refractivity contribution in [2.45, 2.75) is 12.8 Å². The lowest BCUT2D eigenvalue weighted by Crippen LogP contribution is -2.27. The molecule has 19 heavy (non-hydrogen) atoms. The topological polar surface area (TPSA) is 62.5 Å². The molecule has 0 saturated carbocycles. The molecule has 1 aromatic rings. The Labute approximate surface area is 108 Å². The fourth-order valence-corrected chi connectivity index (χ4v) is 1.31. The van der Waals surface area contributed by atoms with Crippen molar-refractivity contribution in [1.82, 2.24) is 0 Å². The van der Waals surface area contributed by atoms with Crippen LogP contribution in [0.2, 0.25) is 0 Å². The van der Waals surface area contributed by atoms with Gasteiger partial charge in [0.15, 0.2) is 17.4 Å². The van der Waals surface area contributed by atoms with Gasteiger partial charge in [-0.2, -0.15) is 18.4 Å². The average molecular weight is 275 g/mol. The molecule has 0 radical (unpaired) electrons. The first kappa shape index (κ1) is 15.1. The lowest BCUT2D eigenvalue weighted by Gasteiger charge is -2.16. The normalized spacial score (nSPS) is 12.6. The molecule has 0 aliphatic carbocycles. The van der Waals surface area contributed by atoms with Crippen LogP contribution >= 0.6 is 0 Å². The predicted octanol–water partition coefficient (Wildman–Crippen LogP) is 2.27. The molecule has 1 aromatic carbocycles. The minimum absolute atomic E-state index is 0.0872. The van der Waals surface area contributed by atoms with E-state index in [9.17, 15) is 13.2 Å². The Bertz CT molecular complexity index is 468. The van der Waals surface area contributed by atoms with Gasteiger partial charge in [0, 0.05) is 0 Å². The minimum Gasteiger partial charge on any atom is -0.493 e. The molecule has 1 unspecified atom stereocenters. The van der Waals surface area contributed by atoms with Crippen molar-refractivity contribution >= 4 is 0 Å². The number of nitriles is 1. The third kappa shape index (κ3) is 4.03. The largest absolute Gasteiger partial charge is 0.493 e. The van der Waals surface area contributed by atoms with E-state index in [4.69, 9.17) is 19.8 Å². The van der Waals surface area contributed by atoms with Crippen molar-refractivity contribution < 1.29 is 27.8 Å². The second kappa shape index (κ2) is 6.29. The lowest BCUT2D eigenvalue weighted by atomic mass is 10.2. The summed E-state index contributed by atoms with van der Waals surface area (Å²) in [7, 11) is 1.33. The fourth-order valence-electron chi connectivity index (χ4n) is 1.31. The van der Waals surface area contributed by atoms with Gasteiger partial charge in [0.2, 0.25) is 0 Å². The van der Waals surface area contributed by atoms with Crippen LogP contribution in [0.3, 0.4) is 0 Å². The van der Waals surface area contributed by atoms with E-state index in [0.29, 0.717) is 5.56 Å². The Hall–Kier alpha value is -1.94. The smallest absolute Gasteiger partial charge is 0.407 e. The number of rotatable bonds is 5. The highest BCUT2D eigenvalue weighted by Crippen LogP contribution is 2.31. The highest BCUT2D eigenvalue weighted by Gasteiger charge is 2.40. The molecule has 0 heterocycles. The van der Waals surface area contributed by atoms with E-state index in [-0.39, 0.29) is 18.1 Å². The van der Waals surface area contributed by atoms with Crippen molar-refractivity contribution in [3.05, 3.63) is 23.8 Å². The minimum atomic E-state index is -4.63. The highest BCUT2D eigenvalue weighted by molar-refractivity contribution is 5.42. The summed E-state index contributed by atoms with van der Waals surface area (Å²) in [4.78, 5) is 0. The van der Waals surface area contributed by atoms with Gasteiger partial charge in [0.1, 0.15) is 6.61 Å². The molecule has 0 saturated heterocycles. The summed E-state index contributed by atoms with van der Waals surface area (Å²) in [6, 6.07) is 5.47. The Kier molecular flexibility index (Phi) is 5.01. The number of alkyl halides is 3. The van der Waals surface area contributed by atoms with Gasteiger partial charge >= 0.3 is 6.18 Å². The zero-order chi connectivity index (χ0) is 14.5. The van der Waals surface area contributed by atoms with Crippen molar-refractivity contribution in [3.8, 4) is 17.6 Å². The van der Waals surface area contributed by atoms with E-state index in [0.717, 1.165) is 6.07 Å². The van der Waals surface area contributed by atoms with Crippen molar-refractivity contribution in [3.63, 3.8) is 0 Å². The Balaban J connectivity index is 2.80. The standard InChI is InChI=1S/C12H12F3NO3/c1-18-11-4-8(6-17)2-3-10(11)19-7-9(5-16)12(13,14)15/h2-4,9,17H,6-7H2,1H3. The third-order valence-electron chi connectivity index (χ3n) is 2.37. The molecular weight excluding hydrogens is 263 g/mol. The maximum Gasteiger partial charge on any atom is 0.407 e. The van der Waals surface area contributed by atoms with Gasteiger partial charge in [0.25, 0.3) is 0 Å². The van der Waals surface area contributed by atoms with Gasteiger partial charge in [-0.15, -0.1) is 0 Å². The van der Waals surface area contributed by atoms with Crippen LogP contribution in [-0.4, -0.2) is 25.0 Å². The average Bonchev–Trinajstić information content (AvgIpc) is 2.38. The van der Waals surface area contributed by atoms with E-state index >= 15 is 0 Å². The zero-order valence-electron chi connectivity index (χ0n) is 10.1. The summed E-state index contributed by atoms with van der Waals surface area (Å²) < 4.78 is 47.0. The molecule has 0 fully saturated rings. The molecule has 0 spiro atoms. The molecular formula is C12H12F3NO3.